The number of carboxylic acid groups (broad SMARTS) is 1. The smallest absolute Gasteiger partial charge is 0.326 e. The predicted molar refractivity (Wildman–Crippen MR) is 64.7 cm³/mol. The van der Waals surface area contributed by atoms with Crippen molar-refractivity contribution in [1.29, 1.82) is 0 Å². The lowest BCUT2D eigenvalue weighted by Gasteiger charge is -2.21. The number of aliphatic carboxylic acids is 1. The summed E-state index contributed by atoms with van der Waals surface area (Å²) in [4.78, 5) is 25.0. The molecular formula is C12H12N4O3. The highest BCUT2D eigenvalue weighted by Crippen LogP contribution is 2.21. The van der Waals surface area contributed by atoms with Crippen LogP contribution in [0.2, 0.25) is 0 Å². The quantitative estimate of drug-likeness (QED) is 0.845. The molecule has 1 fully saturated rings. The number of amides is 1. The molecule has 1 unspecified atom stereocenters. The van der Waals surface area contributed by atoms with E-state index in [9.17, 15) is 9.59 Å². The molecule has 1 atom stereocenters. The van der Waals surface area contributed by atoms with Crippen LogP contribution in [0, 0.1) is 0 Å². The van der Waals surface area contributed by atoms with Crippen molar-refractivity contribution in [1.82, 2.24) is 19.5 Å². The monoisotopic (exact) mass is 260 g/mol. The van der Waals surface area contributed by atoms with Gasteiger partial charge < -0.3 is 10.0 Å². The van der Waals surface area contributed by atoms with Gasteiger partial charge in [0.15, 0.2) is 5.65 Å². The highest BCUT2D eigenvalue weighted by atomic mass is 16.4. The number of rotatable bonds is 2. The van der Waals surface area contributed by atoms with E-state index < -0.39 is 12.0 Å². The number of pyridine rings is 1. The SMILES string of the molecule is O=C(O)C1CCCN1C(=O)c1cccn2cnnc12. The minimum absolute atomic E-state index is 0.302. The zero-order valence-electron chi connectivity index (χ0n) is 10.1. The molecule has 1 amide bonds. The number of carbonyl (C=O) groups excluding carboxylic acids is 1. The Bertz CT molecular complexity index is 651. The summed E-state index contributed by atoms with van der Waals surface area (Å²) in [6.45, 7) is 0.463. The molecule has 7 heteroatoms. The summed E-state index contributed by atoms with van der Waals surface area (Å²) >= 11 is 0. The summed E-state index contributed by atoms with van der Waals surface area (Å²) in [6.07, 6.45) is 4.45. The first-order valence-corrected chi connectivity index (χ1v) is 6.00. The molecule has 0 bridgehead atoms. The molecule has 19 heavy (non-hydrogen) atoms. The average molecular weight is 260 g/mol. The summed E-state index contributed by atoms with van der Waals surface area (Å²) in [5, 5.41) is 16.8. The van der Waals surface area contributed by atoms with Crippen molar-refractivity contribution < 1.29 is 14.7 Å². The summed E-state index contributed by atoms with van der Waals surface area (Å²) < 4.78 is 1.64. The third-order valence-electron chi connectivity index (χ3n) is 3.35. The van der Waals surface area contributed by atoms with E-state index in [1.165, 1.54) is 11.2 Å². The Hall–Kier alpha value is -2.44. The highest BCUT2D eigenvalue weighted by Gasteiger charge is 2.35. The van der Waals surface area contributed by atoms with Gasteiger partial charge in [0.1, 0.15) is 12.4 Å². The Kier molecular flexibility index (Phi) is 2.66. The van der Waals surface area contributed by atoms with Gasteiger partial charge in [-0.25, -0.2) is 4.79 Å². The number of carbonyl (C=O) groups is 2. The third kappa shape index (κ3) is 1.83. The maximum Gasteiger partial charge on any atom is 0.326 e. The maximum atomic E-state index is 12.5. The molecule has 98 valence electrons. The summed E-state index contributed by atoms with van der Waals surface area (Å²) in [5.74, 6) is -1.26. The summed E-state index contributed by atoms with van der Waals surface area (Å²) in [6, 6.07) is 2.62. The van der Waals surface area contributed by atoms with E-state index in [4.69, 9.17) is 5.11 Å². The standard InChI is InChI=1S/C12H12N4O3/c17-11(16-6-2-4-9(16)12(18)19)8-3-1-5-15-7-13-14-10(8)15/h1,3,5,7,9H,2,4,6H2,(H,18,19). The van der Waals surface area contributed by atoms with E-state index in [0.717, 1.165) is 0 Å². The Morgan fingerprint density at radius 1 is 1.42 bits per heavy atom. The predicted octanol–water partition coefficient (Wildman–Crippen LogP) is 0.419. The molecular weight excluding hydrogens is 248 g/mol. The van der Waals surface area contributed by atoms with Gasteiger partial charge in [-0.3, -0.25) is 9.20 Å². The Morgan fingerprint density at radius 2 is 2.26 bits per heavy atom. The molecule has 1 aliphatic rings. The number of fused-ring (bicyclic) bond motifs is 1. The van der Waals surface area contributed by atoms with Crippen molar-refractivity contribution in [2.45, 2.75) is 18.9 Å². The molecule has 3 heterocycles. The molecule has 1 saturated heterocycles. The molecule has 0 radical (unpaired) electrons. The average Bonchev–Trinajstić information content (AvgIpc) is 3.05. The van der Waals surface area contributed by atoms with Crippen LogP contribution in [0.5, 0.6) is 0 Å². The first kappa shape index (κ1) is 11.6. The van der Waals surface area contributed by atoms with Gasteiger partial charge in [-0.2, -0.15) is 0 Å². The van der Waals surface area contributed by atoms with E-state index >= 15 is 0 Å². The first-order valence-electron chi connectivity index (χ1n) is 6.00. The largest absolute Gasteiger partial charge is 0.480 e. The van der Waals surface area contributed by atoms with E-state index in [2.05, 4.69) is 10.2 Å². The summed E-state index contributed by atoms with van der Waals surface area (Å²) in [5.41, 5.74) is 0.830. The topological polar surface area (TPSA) is 87.8 Å². The minimum Gasteiger partial charge on any atom is -0.480 e. The van der Waals surface area contributed by atoms with Crippen LogP contribution in [-0.2, 0) is 4.79 Å². The van der Waals surface area contributed by atoms with E-state index in [1.807, 2.05) is 0 Å². The van der Waals surface area contributed by atoms with Crippen LogP contribution in [0.25, 0.3) is 5.65 Å². The number of hydrogen-bond donors (Lipinski definition) is 1. The zero-order chi connectivity index (χ0) is 13.4. The zero-order valence-corrected chi connectivity index (χ0v) is 10.1. The highest BCUT2D eigenvalue weighted by molar-refractivity contribution is 6.01. The second-order valence-electron chi connectivity index (χ2n) is 4.48. The lowest BCUT2D eigenvalue weighted by molar-refractivity contribution is -0.141. The van der Waals surface area contributed by atoms with Crippen LogP contribution >= 0.6 is 0 Å². The molecule has 0 spiro atoms. The fourth-order valence-corrected chi connectivity index (χ4v) is 2.44. The first-order chi connectivity index (χ1) is 9.18. The maximum absolute atomic E-state index is 12.5. The lowest BCUT2D eigenvalue weighted by Crippen LogP contribution is -2.40. The number of hydrogen-bond acceptors (Lipinski definition) is 4. The van der Waals surface area contributed by atoms with Gasteiger partial charge in [-0.15, -0.1) is 10.2 Å². The summed E-state index contributed by atoms with van der Waals surface area (Å²) in [7, 11) is 0. The van der Waals surface area contributed by atoms with Crippen molar-refractivity contribution in [2.24, 2.45) is 0 Å². The Morgan fingerprint density at radius 3 is 3.05 bits per heavy atom. The third-order valence-corrected chi connectivity index (χ3v) is 3.35. The van der Waals surface area contributed by atoms with E-state index in [-0.39, 0.29) is 5.91 Å². The van der Waals surface area contributed by atoms with E-state index in [1.54, 1.807) is 22.7 Å². The van der Waals surface area contributed by atoms with Crippen LogP contribution in [0.1, 0.15) is 23.2 Å². The Balaban J connectivity index is 2.00. The van der Waals surface area contributed by atoms with Gasteiger partial charge in [0.05, 0.1) is 5.56 Å². The van der Waals surface area contributed by atoms with E-state index in [0.29, 0.717) is 30.6 Å². The number of nitrogens with zero attached hydrogens (tertiary/aromatic N) is 4. The number of carboxylic acids is 1. The molecule has 0 saturated carbocycles. The normalized spacial score (nSPS) is 18.9. The second kappa shape index (κ2) is 4.34. The fourth-order valence-electron chi connectivity index (χ4n) is 2.44. The van der Waals surface area contributed by atoms with Gasteiger partial charge in [-0.05, 0) is 25.0 Å². The molecule has 1 aliphatic heterocycles. The van der Waals surface area contributed by atoms with Crippen molar-refractivity contribution in [3.8, 4) is 0 Å². The Labute approximate surface area is 108 Å². The van der Waals surface area contributed by atoms with Crippen molar-refractivity contribution in [3.63, 3.8) is 0 Å². The molecule has 0 aromatic carbocycles. The molecule has 2 aromatic rings. The van der Waals surface area contributed by atoms with Gasteiger partial charge >= 0.3 is 5.97 Å². The molecule has 1 N–H and O–H groups in total. The fraction of sp³-hybridized carbons (Fsp3) is 0.333. The van der Waals surface area contributed by atoms with Crippen LogP contribution in [0.4, 0.5) is 0 Å². The molecule has 0 aliphatic carbocycles. The van der Waals surface area contributed by atoms with Gasteiger partial charge in [0.25, 0.3) is 5.91 Å². The van der Waals surface area contributed by atoms with Crippen LogP contribution < -0.4 is 0 Å². The van der Waals surface area contributed by atoms with Crippen LogP contribution in [-0.4, -0.2) is 49.1 Å². The molecule has 3 rings (SSSR count). The van der Waals surface area contributed by atoms with Gasteiger partial charge in [0, 0.05) is 12.7 Å². The molecule has 7 nitrogen and oxygen atoms in total. The van der Waals surface area contributed by atoms with Crippen molar-refractivity contribution in [3.05, 3.63) is 30.2 Å². The number of likely N-dealkylation sites (tertiary alicyclic amines) is 1. The number of aromatic nitrogens is 3. The second-order valence-corrected chi connectivity index (χ2v) is 4.48. The lowest BCUT2D eigenvalue weighted by atomic mass is 10.2. The van der Waals surface area contributed by atoms with Gasteiger partial charge in [0.2, 0.25) is 0 Å². The minimum atomic E-state index is -0.959. The van der Waals surface area contributed by atoms with Crippen molar-refractivity contribution >= 4 is 17.5 Å². The van der Waals surface area contributed by atoms with Crippen LogP contribution in [0.3, 0.4) is 0 Å². The van der Waals surface area contributed by atoms with Crippen LogP contribution in [0.15, 0.2) is 24.7 Å². The van der Waals surface area contributed by atoms with Gasteiger partial charge in [-0.1, -0.05) is 0 Å². The molecule has 2 aromatic heterocycles. The van der Waals surface area contributed by atoms with Crippen molar-refractivity contribution in [2.75, 3.05) is 6.54 Å².